The zero-order chi connectivity index (χ0) is 13.8. The van der Waals surface area contributed by atoms with Crippen LogP contribution in [0.2, 0.25) is 0 Å². The first-order valence-corrected chi connectivity index (χ1v) is 6.32. The molecule has 102 valence electrons. The highest BCUT2D eigenvalue weighted by atomic mass is 16.4. The average Bonchev–Trinajstić information content (AvgIpc) is 2.33. The molecule has 3 N–H and O–H groups in total. The normalized spacial score (nSPS) is 21.5. The predicted molar refractivity (Wildman–Crippen MR) is 68.8 cm³/mol. The van der Waals surface area contributed by atoms with Crippen LogP contribution in [0.25, 0.3) is 0 Å². The van der Waals surface area contributed by atoms with Gasteiger partial charge in [0.15, 0.2) is 0 Å². The van der Waals surface area contributed by atoms with Gasteiger partial charge in [-0.2, -0.15) is 0 Å². The molecule has 1 saturated carbocycles. The van der Waals surface area contributed by atoms with E-state index in [0.29, 0.717) is 18.0 Å². The van der Waals surface area contributed by atoms with Crippen molar-refractivity contribution in [2.45, 2.75) is 25.4 Å². The van der Waals surface area contributed by atoms with Crippen LogP contribution in [0.3, 0.4) is 0 Å². The molecule has 1 aliphatic carbocycles. The van der Waals surface area contributed by atoms with Gasteiger partial charge in [-0.3, -0.25) is 4.79 Å². The topological polar surface area (TPSA) is 86.6 Å². The Morgan fingerprint density at radius 2 is 1.95 bits per heavy atom. The Balaban J connectivity index is 1.86. The van der Waals surface area contributed by atoms with E-state index >= 15 is 0 Å². The monoisotopic (exact) mass is 263 g/mol. The lowest BCUT2D eigenvalue weighted by molar-refractivity contribution is -0.121. The molecule has 0 bridgehead atoms. The van der Waals surface area contributed by atoms with Crippen molar-refractivity contribution in [3.63, 3.8) is 0 Å². The first-order valence-electron chi connectivity index (χ1n) is 6.32. The zero-order valence-electron chi connectivity index (χ0n) is 10.5. The lowest BCUT2D eigenvalue weighted by Gasteiger charge is -2.31. The predicted octanol–water partition coefficient (Wildman–Crippen LogP) is 0.814. The fourth-order valence-corrected chi connectivity index (χ4v) is 2.24. The van der Waals surface area contributed by atoms with Crippen molar-refractivity contribution < 1.29 is 19.8 Å². The van der Waals surface area contributed by atoms with Crippen LogP contribution < -0.4 is 5.32 Å². The van der Waals surface area contributed by atoms with E-state index in [1.807, 2.05) is 0 Å². The minimum atomic E-state index is -1.02. The number of aromatic carboxylic acids is 1. The van der Waals surface area contributed by atoms with Crippen LogP contribution in [0.5, 0.6) is 0 Å². The van der Waals surface area contributed by atoms with Crippen LogP contribution in [0.4, 0.5) is 0 Å². The number of amides is 1. The van der Waals surface area contributed by atoms with E-state index < -0.39 is 5.97 Å². The van der Waals surface area contributed by atoms with Gasteiger partial charge in [-0.05, 0) is 30.4 Å². The number of hydrogen-bond donors (Lipinski definition) is 3. The fraction of sp³-hybridized carbons (Fsp3) is 0.429. The second-order valence-corrected chi connectivity index (χ2v) is 4.93. The number of carboxylic acids is 1. The number of benzene rings is 1. The van der Waals surface area contributed by atoms with Crippen molar-refractivity contribution in [3.8, 4) is 0 Å². The molecule has 2 rings (SSSR count). The summed E-state index contributed by atoms with van der Waals surface area (Å²) in [5.74, 6) is -0.866. The molecule has 5 nitrogen and oxygen atoms in total. The minimum absolute atomic E-state index is 0.0672. The van der Waals surface area contributed by atoms with Crippen LogP contribution >= 0.6 is 0 Å². The molecule has 0 unspecified atom stereocenters. The van der Waals surface area contributed by atoms with Crippen LogP contribution in [-0.4, -0.2) is 34.7 Å². The van der Waals surface area contributed by atoms with Crippen LogP contribution in [-0.2, 0) is 11.2 Å². The summed E-state index contributed by atoms with van der Waals surface area (Å²) in [6, 6.07) is 6.50. The Morgan fingerprint density at radius 3 is 2.58 bits per heavy atom. The number of aliphatic hydroxyl groups is 1. The molecule has 1 aromatic rings. The highest BCUT2D eigenvalue weighted by molar-refractivity contribution is 5.91. The molecule has 5 heteroatoms. The van der Waals surface area contributed by atoms with Gasteiger partial charge in [0, 0.05) is 6.54 Å². The Bertz CT molecular complexity index is 480. The molecule has 1 aromatic carbocycles. The summed E-state index contributed by atoms with van der Waals surface area (Å²) in [7, 11) is 0. The largest absolute Gasteiger partial charge is 0.478 e. The van der Waals surface area contributed by atoms with E-state index in [1.165, 1.54) is 6.07 Å². The third-order valence-electron chi connectivity index (χ3n) is 3.40. The molecule has 1 fully saturated rings. The molecule has 19 heavy (non-hydrogen) atoms. The maximum absolute atomic E-state index is 11.7. The molecule has 1 aliphatic rings. The molecule has 0 atom stereocenters. The average molecular weight is 263 g/mol. The molecule has 0 saturated heterocycles. The summed E-state index contributed by atoms with van der Waals surface area (Å²) in [5, 5.41) is 20.9. The maximum Gasteiger partial charge on any atom is 0.335 e. The summed E-state index contributed by atoms with van der Waals surface area (Å²) < 4.78 is 0. The number of carbonyl (C=O) groups is 2. The van der Waals surface area contributed by atoms with E-state index in [9.17, 15) is 9.59 Å². The number of rotatable bonds is 5. The van der Waals surface area contributed by atoms with E-state index in [1.54, 1.807) is 18.2 Å². The number of carbonyl (C=O) groups excluding carboxylic acids is 1. The number of nitrogens with one attached hydrogen (secondary N) is 1. The smallest absolute Gasteiger partial charge is 0.335 e. The van der Waals surface area contributed by atoms with Crippen LogP contribution in [0.15, 0.2) is 24.3 Å². The third kappa shape index (κ3) is 3.54. The van der Waals surface area contributed by atoms with E-state index in [0.717, 1.165) is 12.8 Å². The Hall–Kier alpha value is -1.88. The van der Waals surface area contributed by atoms with Gasteiger partial charge in [0.1, 0.15) is 0 Å². The molecular formula is C14H17NO4. The Morgan fingerprint density at radius 1 is 1.26 bits per heavy atom. The lowest BCUT2D eigenvalue weighted by Crippen LogP contribution is -2.39. The highest BCUT2D eigenvalue weighted by Crippen LogP contribution is 2.26. The van der Waals surface area contributed by atoms with Gasteiger partial charge >= 0.3 is 5.97 Å². The molecule has 0 heterocycles. The summed E-state index contributed by atoms with van der Waals surface area (Å²) in [4.78, 5) is 22.7. The highest BCUT2D eigenvalue weighted by Gasteiger charge is 2.27. The first kappa shape index (κ1) is 13.5. The molecule has 1 amide bonds. The summed E-state index contributed by atoms with van der Waals surface area (Å²) in [6.07, 6.45) is 1.30. The van der Waals surface area contributed by atoms with Crippen molar-refractivity contribution in [3.05, 3.63) is 35.4 Å². The van der Waals surface area contributed by atoms with E-state index in [2.05, 4.69) is 5.32 Å². The van der Waals surface area contributed by atoms with Crippen molar-refractivity contribution >= 4 is 11.9 Å². The maximum atomic E-state index is 11.7. The van der Waals surface area contributed by atoms with E-state index in [-0.39, 0.29) is 24.0 Å². The molecule has 0 aliphatic heterocycles. The van der Waals surface area contributed by atoms with E-state index in [4.69, 9.17) is 10.2 Å². The summed E-state index contributed by atoms with van der Waals surface area (Å²) >= 11 is 0. The minimum Gasteiger partial charge on any atom is -0.478 e. The van der Waals surface area contributed by atoms with Gasteiger partial charge in [0.2, 0.25) is 5.91 Å². The first-order chi connectivity index (χ1) is 9.06. The number of aliphatic hydroxyl groups excluding tert-OH is 1. The fourth-order valence-electron chi connectivity index (χ4n) is 2.24. The van der Waals surface area contributed by atoms with Gasteiger partial charge < -0.3 is 15.5 Å². The van der Waals surface area contributed by atoms with Crippen molar-refractivity contribution in [2.24, 2.45) is 5.92 Å². The van der Waals surface area contributed by atoms with Gasteiger partial charge in [0.05, 0.1) is 18.1 Å². The second-order valence-electron chi connectivity index (χ2n) is 4.93. The zero-order valence-corrected chi connectivity index (χ0v) is 10.5. The quantitative estimate of drug-likeness (QED) is 0.734. The van der Waals surface area contributed by atoms with Crippen LogP contribution in [0, 0.1) is 5.92 Å². The molecular weight excluding hydrogens is 246 g/mol. The number of hydrogen-bond acceptors (Lipinski definition) is 3. The van der Waals surface area contributed by atoms with Gasteiger partial charge in [-0.1, -0.05) is 18.2 Å². The second kappa shape index (κ2) is 5.84. The van der Waals surface area contributed by atoms with Crippen molar-refractivity contribution in [2.75, 3.05) is 6.54 Å². The summed E-state index contributed by atoms with van der Waals surface area (Å²) in [6.45, 7) is 0.547. The molecule has 0 aromatic heterocycles. The molecule has 0 radical (unpaired) electrons. The van der Waals surface area contributed by atoms with Gasteiger partial charge in [0.25, 0.3) is 0 Å². The number of carboxylic acid groups (broad SMARTS) is 1. The van der Waals surface area contributed by atoms with Crippen molar-refractivity contribution in [1.82, 2.24) is 5.32 Å². The summed E-state index contributed by atoms with van der Waals surface area (Å²) in [5.41, 5.74) is 0.679. The Labute approximate surface area is 111 Å². The van der Waals surface area contributed by atoms with Gasteiger partial charge in [-0.15, -0.1) is 0 Å². The van der Waals surface area contributed by atoms with Gasteiger partial charge in [-0.25, -0.2) is 4.79 Å². The van der Waals surface area contributed by atoms with Crippen molar-refractivity contribution in [1.29, 1.82) is 0 Å². The lowest BCUT2D eigenvalue weighted by atomic mass is 9.82. The molecule has 0 spiro atoms. The van der Waals surface area contributed by atoms with Crippen LogP contribution in [0.1, 0.15) is 28.8 Å². The Kier molecular flexibility index (Phi) is 4.16. The third-order valence-corrected chi connectivity index (χ3v) is 3.40. The SMILES string of the molecule is O=C(Cc1ccccc1C(=O)O)NCC1CC(O)C1. The standard InChI is InChI=1S/C14H17NO4/c16-11-5-9(6-11)8-15-13(17)7-10-3-1-2-4-12(10)14(18)19/h1-4,9,11,16H,5-8H2,(H,15,17)(H,18,19).